The number of amides is 1. The number of ether oxygens (including phenoxy) is 3. The summed E-state index contributed by atoms with van der Waals surface area (Å²) in [6.07, 6.45) is -1.08. The summed E-state index contributed by atoms with van der Waals surface area (Å²) in [4.78, 5) is 32.9. The van der Waals surface area contributed by atoms with Crippen molar-refractivity contribution in [1.29, 1.82) is 0 Å². The SMILES string of the molecule is COc1ccc(OC(=O)N(CC(=O)O)Cc2ccc(OC(C)c3nc4ccccc4[nH]3)cc2)cc1. The van der Waals surface area contributed by atoms with Crippen molar-refractivity contribution in [3.8, 4) is 17.2 Å². The normalized spacial score (nSPS) is 11.6. The molecule has 0 saturated carbocycles. The number of hydrogen-bond acceptors (Lipinski definition) is 6. The van der Waals surface area contributed by atoms with Crippen molar-refractivity contribution in [2.24, 2.45) is 0 Å². The van der Waals surface area contributed by atoms with Gasteiger partial charge in [-0.25, -0.2) is 9.78 Å². The minimum Gasteiger partial charge on any atom is -0.497 e. The van der Waals surface area contributed by atoms with E-state index in [2.05, 4.69) is 9.97 Å². The number of aromatic nitrogens is 2. The molecule has 1 heterocycles. The van der Waals surface area contributed by atoms with Gasteiger partial charge in [-0.2, -0.15) is 0 Å². The van der Waals surface area contributed by atoms with Gasteiger partial charge in [0, 0.05) is 6.54 Å². The number of fused-ring (bicyclic) bond motifs is 1. The lowest BCUT2D eigenvalue weighted by Gasteiger charge is -2.20. The van der Waals surface area contributed by atoms with Gasteiger partial charge in [0.05, 0.1) is 18.1 Å². The number of rotatable bonds is 9. The van der Waals surface area contributed by atoms with Gasteiger partial charge in [0.15, 0.2) is 6.10 Å². The van der Waals surface area contributed by atoms with Crippen molar-refractivity contribution >= 4 is 23.1 Å². The first-order valence-electron chi connectivity index (χ1n) is 10.9. The number of nitrogens with one attached hydrogen (secondary N) is 1. The Morgan fingerprint density at radius 2 is 1.63 bits per heavy atom. The topological polar surface area (TPSA) is 114 Å². The lowest BCUT2D eigenvalue weighted by molar-refractivity contribution is -0.138. The summed E-state index contributed by atoms with van der Waals surface area (Å²) in [5.74, 6) is 1.09. The van der Waals surface area contributed by atoms with Crippen LogP contribution in [-0.2, 0) is 11.3 Å². The molecule has 3 aromatic carbocycles. The molecule has 9 heteroatoms. The first-order valence-corrected chi connectivity index (χ1v) is 10.9. The molecule has 0 spiro atoms. The van der Waals surface area contributed by atoms with Crippen LogP contribution in [0, 0.1) is 0 Å². The number of carboxylic acid groups (broad SMARTS) is 1. The van der Waals surface area contributed by atoms with Crippen LogP contribution in [0.15, 0.2) is 72.8 Å². The summed E-state index contributed by atoms with van der Waals surface area (Å²) < 4.78 is 16.4. The van der Waals surface area contributed by atoms with Crippen LogP contribution in [0.3, 0.4) is 0 Å². The van der Waals surface area contributed by atoms with E-state index in [1.165, 1.54) is 7.11 Å². The van der Waals surface area contributed by atoms with Crippen molar-refractivity contribution in [1.82, 2.24) is 14.9 Å². The largest absolute Gasteiger partial charge is 0.497 e. The summed E-state index contributed by atoms with van der Waals surface area (Å²) in [5, 5.41) is 9.25. The van der Waals surface area contributed by atoms with Gasteiger partial charge in [-0.1, -0.05) is 24.3 Å². The minimum atomic E-state index is -1.14. The van der Waals surface area contributed by atoms with E-state index in [0.29, 0.717) is 17.3 Å². The second-order valence-corrected chi connectivity index (χ2v) is 7.84. The van der Waals surface area contributed by atoms with Gasteiger partial charge >= 0.3 is 12.1 Å². The molecule has 1 amide bonds. The first kappa shape index (κ1) is 23.6. The molecule has 0 aliphatic rings. The number of carbonyl (C=O) groups is 2. The Labute approximate surface area is 201 Å². The Balaban J connectivity index is 1.40. The molecule has 9 nitrogen and oxygen atoms in total. The molecule has 0 radical (unpaired) electrons. The van der Waals surface area contributed by atoms with Gasteiger partial charge in [-0.05, 0) is 61.0 Å². The molecule has 1 aromatic heterocycles. The van der Waals surface area contributed by atoms with Gasteiger partial charge in [0.1, 0.15) is 29.6 Å². The van der Waals surface area contributed by atoms with E-state index in [4.69, 9.17) is 14.2 Å². The monoisotopic (exact) mass is 475 g/mol. The molecule has 1 unspecified atom stereocenters. The number of methoxy groups -OCH3 is 1. The molecule has 2 N–H and O–H groups in total. The van der Waals surface area contributed by atoms with Crippen LogP contribution in [0.4, 0.5) is 4.79 Å². The maximum Gasteiger partial charge on any atom is 0.416 e. The number of H-pyrrole nitrogens is 1. The van der Waals surface area contributed by atoms with E-state index >= 15 is 0 Å². The van der Waals surface area contributed by atoms with E-state index in [1.54, 1.807) is 48.5 Å². The number of nitrogens with zero attached hydrogens (tertiary/aromatic N) is 2. The minimum absolute atomic E-state index is 0.0562. The van der Waals surface area contributed by atoms with Gasteiger partial charge < -0.3 is 24.3 Å². The number of hydrogen-bond donors (Lipinski definition) is 2. The number of aromatic amines is 1. The molecule has 0 fully saturated rings. The molecule has 0 aliphatic heterocycles. The van der Waals surface area contributed by atoms with Gasteiger partial charge in [0.2, 0.25) is 0 Å². The van der Waals surface area contributed by atoms with Gasteiger partial charge in [-0.3, -0.25) is 9.69 Å². The molecule has 0 saturated heterocycles. The highest BCUT2D eigenvalue weighted by molar-refractivity contribution is 5.78. The molecule has 180 valence electrons. The van der Waals surface area contributed by atoms with Crippen molar-refractivity contribution in [3.63, 3.8) is 0 Å². The highest BCUT2D eigenvalue weighted by Gasteiger charge is 2.20. The molecular formula is C26H25N3O6. The van der Waals surface area contributed by atoms with E-state index in [9.17, 15) is 14.7 Å². The highest BCUT2D eigenvalue weighted by Crippen LogP contribution is 2.23. The average Bonchev–Trinajstić information content (AvgIpc) is 3.30. The van der Waals surface area contributed by atoms with Crippen LogP contribution in [0.25, 0.3) is 11.0 Å². The van der Waals surface area contributed by atoms with E-state index in [-0.39, 0.29) is 18.4 Å². The number of para-hydroxylation sites is 2. The standard InChI is InChI=1S/C26H25N3O6/c1-17(25-27-22-5-3-4-6-23(22)28-25)34-20-9-7-18(8-10-20)15-29(16-24(30)31)26(32)35-21-13-11-19(33-2)12-14-21/h3-14,17H,15-16H2,1-2H3,(H,27,28)(H,30,31). The quantitative estimate of drug-likeness (QED) is 0.357. The van der Waals surface area contributed by atoms with Crippen LogP contribution in [-0.4, -0.2) is 45.7 Å². The van der Waals surface area contributed by atoms with Gasteiger partial charge in [-0.15, -0.1) is 0 Å². The predicted molar refractivity (Wildman–Crippen MR) is 129 cm³/mol. The molecular weight excluding hydrogens is 450 g/mol. The van der Waals surface area contributed by atoms with Crippen LogP contribution in [0.2, 0.25) is 0 Å². The van der Waals surface area contributed by atoms with Crippen molar-refractivity contribution < 1.29 is 28.9 Å². The molecule has 35 heavy (non-hydrogen) atoms. The summed E-state index contributed by atoms with van der Waals surface area (Å²) in [7, 11) is 1.53. The maximum atomic E-state index is 12.6. The molecule has 0 bridgehead atoms. The maximum absolute atomic E-state index is 12.6. The second kappa shape index (κ2) is 10.6. The zero-order valence-electron chi connectivity index (χ0n) is 19.3. The molecule has 4 rings (SSSR count). The van der Waals surface area contributed by atoms with Crippen molar-refractivity contribution in [3.05, 3.63) is 84.2 Å². The number of carboxylic acids is 1. The fraction of sp³-hybridized carbons (Fsp3) is 0.192. The lowest BCUT2D eigenvalue weighted by atomic mass is 10.2. The van der Waals surface area contributed by atoms with Crippen LogP contribution >= 0.6 is 0 Å². The first-order chi connectivity index (χ1) is 16.9. The van der Waals surface area contributed by atoms with Crippen molar-refractivity contribution in [2.45, 2.75) is 19.6 Å². The van der Waals surface area contributed by atoms with E-state index in [1.807, 2.05) is 31.2 Å². The third-order valence-electron chi connectivity index (χ3n) is 5.25. The Bertz CT molecular complexity index is 1270. The molecule has 4 aromatic rings. The number of imidazole rings is 1. The Kier molecular flexibility index (Phi) is 7.15. The van der Waals surface area contributed by atoms with E-state index < -0.39 is 18.6 Å². The number of aliphatic carboxylic acids is 1. The Morgan fingerprint density at radius 1 is 0.971 bits per heavy atom. The highest BCUT2D eigenvalue weighted by atomic mass is 16.6. The zero-order chi connectivity index (χ0) is 24.8. The number of benzene rings is 3. The lowest BCUT2D eigenvalue weighted by Crippen LogP contribution is -2.37. The average molecular weight is 476 g/mol. The smallest absolute Gasteiger partial charge is 0.416 e. The summed E-state index contributed by atoms with van der Waals surface area (Å²) in [5.41, 5.74) is 2.53. The van der Waals surface area contributed by atoms with Crippen LogP contribution in [0.1, 0.15) is 24.4 Å². The zero-order valence-corrected chi connectivity index (χ0v) is 19.3. The van der Waals surface area contributed by atoms with Crippen LogP contribution in [0.5, 0.6) is 17.2 Å². The fourth-order valence-corrected chi connectivity index (χ4v) is 3.48. The fourth-order valence-electron chi connectivity index (χ4n) is 3.48. The third kappa shape index (κ3) is 6.08. The molecule has 0 aliphatic carbocycles. The molecule has 1 atom stereocenters. The van der Waals surface area contributed by atoms with Crippen LogP contribution < -0.4 is 14.2 Å². The third-order valence-corrected chi connectivity index (χ3v) is 5.25. The Hall–Kier alpha value is -4.53. The summed E-state index contributed by atoms with van der Waals surface area (Å²) >= 11 is 0. The number of carbonyl (C=O) groups excluding carboxylic acids is 1. The predicted octanol–water partition coefficient (Wildman–Crippen LogP) is 4.80. The van der Waals surface area contributed by atoms with Crippen molar-refractivity contribution in [2.75, 3.05) is 13.7 Å². The van der Waals surface area contributed by atoms with Gasteiger partial charge in [0.25, 0.3) is 0 Å². The Morgan fingerprint density at radius 3 is 2.29 bits per heavy atom. The van der Waals surface area contributed by atoms with E-state index in [0.717, 1.165) is 21.5 Å². The summed E-state index contributed by atoms with van der Waals surface area (Å²) in [6, 6.07) is 21.3. The summed E-state index contributed by atoms with van der Waals surface area (Å²) in [6.45, 7) is 1.45. The second-order valence-electron chi connectivity index (χ2n) is 7.84.